The third kappa shape index (κ3) is 7.60. The van der Waals surface area contributed by atoms with E-state index in [-0.39, 0.29) is 56.8 Å². The van der Waals surface area contributed by atoms with Crippen molar-refractivity contribution in [3.05, 3.63) is 77.9 Å². The molecule has 5 aliphatic heterocycles. The van der Waals surface area contributed by atoms with Gasteiger partial charge in [-0.05, 0) is 48.4 Å². The lowest BCUT2D eigenvalue weighted by molar-refractivity contribution is -0.130. The molecule has 4 aromatic rings. The lowest BCUT2D eigenvalue weighted by atomic mass is 10.1. The maximum absolute atomic E-state index is 13.4. The number of carbonyl (C=O) groups is 3. The molecular weight excluding hydrogens is 606 g/mol. The second-order valence-electron chi connectivity index (χ2n) is 11.2. The Bertz CT molecular complexity index is 1750. The molecule has 9 rings (SSSR count). The molecule has 47 heavy (non-hydrogen) atoms. The van der Waals surface area contributed by atoms with Crippen molar-refractivity contribution in [2.45, 2.75) is 38.0 Å². The SMILES string of the molecule is COc1cc2ccc1CNC(=O)CCc1ccc(c(OC)c1)OCC(=O)N[C@@H]1CN(C(=O)Cc3nc(-c4cccnc4)n[nH]3)C[C@H]1O2. The number of amides is 3. The van der Waals surface area contributed by atoms with E-state index in [0.717, 1.165) is 16.7 Å². The van der Waals surface area contributed by atoms with Crippen LogP contribution in [0.15, 0.2) is 60.9 Å². The smallest absolute Gasteiger partial charge is 0.258 e. The number of likely N-dealkylation sites (tertiary alicyclic amines) is 1. The van der Waals surface area contributed by atoms with Crippen LogP contribution in [-0.4, -0.2) is 88.8 Å². The Balaban J connectivity index is 1.22. The van der Waals surface area contributed by atoms with Crippen LogP contribution in [-0.2, 0) is 33.8 Å². The maximum atomic E-state index is 13.4. The predicted octanol–water partition coefficient (Wildman–Crippen LogP) is 1.84. The second kappa shape index (κ2) is 14.2. The number of hydrogen-bond acceptors (Lipinski definition) is 10. The summed E-state index contributed by atoms with van der Waals surface area (Å²) in [6.07, 6.45) is 3.47. The van der Waals surface area contributed by atoms with E-state index in [2.05, 4.69) is 30.8 Å². The lowest BCUT2D eigenvalue weighted by Gasteiger charge is -2.22. The van der Waals surface area contributed by atoms with Crippen molar-refractivity contribution in [2.24, 2.45) is 0 Å². The Kier molecular flexibility index (Phi) is 9.46. The predicted molar refractivity (Wildman–Crippen MR) is 168 cm³/mol. The first-order chi connectivity index (χ1) is 22.9. The summed E-state index contributed by atoms with van der Waals surface area (Å²) in [6, 6.07) is 13.7. The van der Waals surface area contributed by atoms with Crippen molar-refractivity contribution >= 4 is 17.7 Å². The quantitative estimate of drug-likeness (QED) is 0.292. The largest absolute Gasteiger partial charge is 0.496 e. The van der Waals surface area contributed by atoms with Crippen LogP contribution < -0.4 is 29.6 Å². The first-order valence-corrected chi connectivity index (χ1v) is 15.2. The Morgan fingerprint density at radius 3 is 2.70 bits per heavy atom. The minimum absolute atomic E-state index is 0.0200. The number of H-pyrrole nitrogens is 1. The monoisotopic (exact) mass is 641 g/mol. The van der Waals surface area contributed by atoms with Gasteiger partial charge in [0, 0.05) is 49.1 Å². The zero-order chi connectivity index (χ0) is 32.8. The number of hydrogen-bond donors (Lipinski definition) is 3. The van der Waals surface area contributed by atoms with E-state index in [1.165, 1.54) is 7.11 Å². The van der Waals surface area contributed by atoms with Gasteiger partial charge in [-0.25, -0.2) is 4.98 Å². The van der Waals surface area contributed by atoms with E-state index in [1.807, 2.05) is 18.2 Å². The number of pyridine rings is 1. The first kappa shape index (κ1) is 31.3. The molecular formula is C33H35N7O7. The summed E-state index contributed by atoms with van der Waals surface area (Å²) < 4.78 is 23.2. The van der Waals surface area contributed by atoms with Gasteiger partial charge in [0.15, 0.2) is 23.9 Å². The van der Waals surface area contributed by atoms with Crippen LogP contribution in [0.1, 0.15) is 23.4 Å². The van der Waals surface area contributed by atoms with Crippen LogP contribution in [0.2, 0.25) is 0 Å². The molecule has 14 heteroatoms. The summed E-state index contributed by atoms with van der Waals surface area (Å²) in [5, 5.41) is 13.0. The van der Waals surface area contributed by atoms with Gasteiger partial charge in [0.05, 0.1) is 33.2 Å². The molecule has 5 aliphatic rings. The molecule has 7 heterocycles. The van der Waals surface area contributed by atoms with Crippen LogP contribution in [0.5, 0.6) is 23.0 Å². The van der Waals surface area contributed by atoms with Crippen LogP contribution in [0.4, 0.5) is 0 Å². The molecule has 1 fully saturated rings. The summed E-state index contributed by atoms with van der Waals surface area (Å²) >= 11 is 0. The number of benzene rings is 2. The Labute approximate surface area is 270 Å². The summed E-state index contributed by atoms with van der Waals surface area (Å²) in [4.78, 5) is 49.4. The summed E-state index contributed by atoms with van der Waals surface area (Å²) in [6.45, 7) is 0.404. The van der Waals surface area contributed by atoms with Gasteiger partial charge >= 0.3 is 0 Å². The molecule has 3 N–H and O–H groups in total. The average Bonchev–Trinajstić information content (AvgIpc) is 3.72. The number of rotatable bonds is 5. The number of carbonyl (C=O) groups excluding carboxylic acids is 3. The van der Waals surface area contributed by atoms with E-state index in [9.17, 15) is 14.4 Å². The molecule has 2 atom stereocenters. The van der Waals surface area contributed by atoms with E-state index in [4.69, 9.17) is 18.9 Å². The highest BCUT2D eigenvalue weighted by Gasteiger charge is 2.38. The molecule has 0 unspecified atom stereocenters. The fraction of sp³-hybridized carbons (Fsp3) is 0.333. The minimum atomic E-state index is -0.585. The number of aryl methyl sites for hydroxylation is 1. The average molecular weight is 642 g/mol. The van der Waals surface area contributed by atoms with Crippen molar-refractivity contribution in [3.63, 3.8) is 0 Å². The maximum Gasteiger partial charge on any atom is 0.258 e. The highest BCUT2D eigenvalue weighted by Crippen LogP contribution is 2.30. The summed E-state index contributed by atoms with van der Waals surface area (Å²) in [7, 11) is 3.06. The van der Waals surface area contributed by atoms with Gasteiger partial charge < -0.3 is 34.5 Å². The molecule has 0 saturated carbocycles. The van der Waals surface area contributed by atoms with Gasteiger partial charge in [-0.15, -0.1) is 0 Å². The highest BCUT2D eigenvalue weighted by molar-refractivity contribution is 5.80. The summed E-state index contributed by atoms with van der Waals surface area (Å²) in [5.74, 6) is 2.00. The molecule has 4 bridgehead atoms. The molecule has 14 nitrogen and oxygen atoms in total. The fourth-order valence-electron chi connectivity index (χ4n) is 5.53. The molecule has 0 aliphatic carbocycles. The standard InChI is InChI=1S/C33H35N7O7/c1-44-26-13-23-8-7-21(26)16-35-30(41)10-6-20-5-9-25(27(12-20)45-2)46-19-31(42)36-24-17-40(18-28(24)47-23)32(43)14-29-37-33(39-38-29)22-4-3-11-34-15-22/h3-5,7-9,11-13,15,24,28H,6,10,14,16-19H2,1-2H3,(H,35,41)(H,36,42)(H,37,38,39)/t24-,28-/m1/s1. The molecule has 0 radical (unpaired) electrons. The Morgan fingerprint density at radius 1 is 1.02 bits per heavy atom. The number of aromatic nitrogens is 4. The van der Waals surface area contributed by atoms with Gasteiger partial charge in [-0.3, -0.25) is 24.5 Å². The van der Waals surface area contributed by atoms with Crippen molar-refractivity contribution in [3.8, 4) is 34.4 Å². The lowest BCUT2D eigenvalue weighted by Crippen LogP contribution is -2.47. The van der Waals surface area contributed by atoms with E-state index < -0.39 is 12.1 Å². The zero-order valence-electron chi connectivity index (χ0n) is 26.0. The third-order valence-corrected chi connectivity index (χ3v) is 7.98. The first-order valence-electron chi connectivity index (χ1n) is 15.2. The number of aromatic amines is 1. The molecule has 2 aromatic carbocycles. The van der Waals surface area contributed by atoms with Crippen molar-refractivity contribution in [1.82, 2.24) is 35.7 Å². The van der Waals surface area contributed by atoms with Gasteiger partial charge in [-0.2, -0.15) is 5.10 Å². The number of nitrogens with zero attached hydrogens (tertiary/aromatic N) is 4. The molecule has 3 amide bonds. The van der Waals surface area contributed by atoms with Gasteiger partial charge in [0.2, 0.25) is 11.8 Å². The molecule has 0 spiro atoms. The molecule has 244 valence electrons. The number of nitrogens with one attached hydrogen (secondary N) is 3. The summed E-state index contributed by atoms with van der Waals surface area (Å²) in [5.41, 5.74) is 2.39. The van der Waals surface area contributed by atoms with E-state index in [0.29, 0.717) is 41.1 Å². The van der Waals surface area contributed by atoms with E-state index in [1.54, 1.807) is 54.7 Å². The highest BCUT2D eigenvalue weighted by atomic mass is 16.5. The van der Waals surface area contributed by atoms with Crippen molar-refractivity contribution in [2.75, 3.05) is 33.9 Å². The Morgan fingerprint density at radius 2 is 1.89 bits per heavy atom. The minimum Gasteiger partial charge on any atom is -0.496 e. The normalized spacial score (nSPS) is 18.4. The number of ether oxygens (including phenoxy) is 4. The Hall–Kier alpha value is -5.66. The van der Waals surface area contributed by atoms with Crippen LogP contribution >= 0.6 is 0 Å². The van der Waals surface area contributed by atoms with Gasteiger partial charge in [0.1, 0.15) is 23.4 Å². The zero-order valence-corrected chi connectivity index (χ0v) is 26.0. The van der Waals surface area contributed by atoms with Crippen LogP contribution in [0, 0.1) is 0 Å². The van der Waals surface area contributed by atoms with Crippen molar-refractivity contribution < 1.29 is 33.3 Å². The topological polar surface area (TPSA) is 170 Å². The molecule has 2 aromatic heterocycles. The van der Waals surface area contributed by atoms with Crippen molar-refractivity contribution in [1.29, 1.82) is 0 Å². The fourth-order valence-corrected chi connectivity index (χ4v) is 5.53. The van der Waals surface area contributed by atoms with Gasteiger partial charge in [-0.1, -0.05) is 6.07 Å². The van der Waals surface area contributed by atoms with Crippen LogP contribution in [0.3, 0.4) is 0 Å². The number of methoxy groups -OCH3 is 2. The van der Waals surface area contributed by atoms with Gasteiger partial charge in [0.25, 0.3) is 5.91 Å². The van der Waals surface area contributed by atoms with E-state index >= 15 is 0 Å². The molecule has 1 saturated heterocycles. The second-order valence-corrected chi connectivity index (χ2v) is 11.2. The van der Waals surface area contributed by atoms with Crippen LogP contribution in [0.25, 0.3) is 11.4 Å². The third-order valence-electron chi connectivity index (χ3n) is 7.98.